The number of hydrogen-bond donors (Lipinski definition) is 5. The topological polar surface area (TPSA) is 137 Å². The fraction of sp³-hybridized carbons (Fsp3) is 0.900. The van der Waals surface area contributed by atoms with Crippen molar-refractivity contribution in [1.82, 2.24) is 0 Å². The van der Waals surface area contributed by atoms with Crippen LogP contribution in [0.5, 0.6) is 0 Å². The molecule has 5 atom stereocenters. The van der Waals surface area contributed by atoms with E-state index in [0.29, 0.717) is 6.42 Å². The first-order valence-electron chi connectivity index (χ1n) is 5.60. The molecule has 1 aliphatic heterocycles. The first kappa shape index (κ1) is 15.3. The molecule has 1 saturated heterocycles. The zero-order chi connectivity index (χ0) is 13.9. The van der Waals surface area contributed by atoms with Gasteiger partial charge in [0.2, 0.25) is 12.1 Å². The van der Waals surface area contributed by atoms with Gasteiger partial charge in [-0.05, 0) is 6.42 Å². The van der Waals surface area contributed by atoms with Gasteiger partial charge in [0.05, 0.1) is 6.61 Å². The van der Waals surface area contributed by atoms with Crippen LogP contribution in [0.2, 0.25) is 0 Å². The molecule has 1 unspecified atom stereocenters. The summed E-state index contributed by atoms with van der Waals surface area (Å²) < 4.78 is 9.44. The van der Waals surface area contributed by atoms with E-state index in [-0.39, 0.29) is 6.42 Å². The smallest absolute Gasteiger partial charge is 0.308 e. The molecule has 1 fully saturated rings. The Bertz CT molecular complexity index is 296. The summed E-state index contributed by atoms with van der Waals surface area (Å²) >= 11 is 0. The van der Waals surface area contributed by atoms with Crippen molar-refractivity contribution in [3.05, 3.63) is 0 Å². The predicted octanol–water partition coefficient (Wildman–Crippen LogP) is -2.55. The molecule has 0 aliphatic carbocycles. The molecule has 8 heteroatoms. The maximum atomic E-state index is 11.2. The number of aliphatic hydroxyl groups excluding tert-OH is 4. The van der Waals surface area contributed by atoms with E-state index >= 15 is 0 Å². The fourth-order valence-electron chi connectivity index (χ4n) is 1.57. The van der Waals surface area contributed by atoms with Gasteiger partial charge in [0.1, 0.15) is 18.3 Å². The Morgan fingerprint density at radius 2 is 1.94 bits per heavy atom. The minimum absolute atomic E-state index is 0.0722. The van der Waals surface area contributed by atoms with Crippen LogP contribution in [-0.2, 0) is 14.3 Å². The minimum atomic E-state index is -2.49. The van der Waals surface area contributed by atoms with Crippen molar-refractivity contribution in [3.8, 4) is 0 Å². The second-order valence-electron chi connectivity index (χ2n) is 4.16. The highest BCUT2D eigenvalue weighted by Crippen LogP contribution is 2.28. The van der Waals surface area contributed by atoms with Gasteiger partial charge >= 0.3 is 5.97 Å². The lowest BCUT2D eigenvalue weighted by Gasteiger charge is -2.43. The molecule has 0 amide bonds. The van der Waals surface area contributed by atoms with Gasteiger partial charge in [-0.3, -0.25) is 4.79 Å². The molecule has 5 N–H and O–H groups in total. The third-order valence-electron chi connectivity index (χ3n) is 2.66. The van der Waals surface area contributed by atoms with Crippen molar-refractivity contribution in [3.63, 3.8) is 0 Å². The number of rotatable bonds is 4. The summed E-state index contributed by atoms with van der Waals surface area (Å²) in [6, 6.07) is 0. The third-order valence-corrected chi connectivity index (χ3v) is 2.66. The molecule has 0 aromatic carbocycles. The van der Waals surface area contributed by atoms with Crippen LogP contribution in [0.15, 0.2) is 0 Å². The largest absolute Gasteiger partial charge is 0.433 e. The molecule has 1 heterocycles. The number of carbonyl (C=O) groups excluding carboxylic acids is 1. The average Bonchev–Trinajstić information content (AvgIpc) is 2.33. The molecule has 106 valence electrons. The van der Waals surface area contributed by atoms with Gasteiger partial charge in [0, 0.05) is 6.42 Å². The monoisotopic (exact) mass is 266 g/mol. The van der Waals surface area contributed by atoms with Crippen molar-refractivity contribution in [1.29, 1.82) is 0 Å². The first-order chi connectivity index (χ1) is 8.35. The van der Waals surface area contributed by atoms with Crippen molar-refractivity contribution < 1.29 is 39.8 Å². The second kappa shape index (κ2) is 5.91. The molecular formula is C10H18O8. The van der Waals surface area contributed by atoms with Crippen LogP contribution in [0.1, 0.15) is 19.8 Å². The normalized spacial score (nSPS) is 40.6. The van der Waals surface area contributed by atoms with Crippen LogP contribution < -0.4 is 0 Å². The number of hydrogen-bond acceptors (Lipinski definition) is 8. The highest BCUT2D eigenvalue weighted by atomic mass is 16.8. The van der Waals surface area contributed by atoms with Gasteiger partial charge in [-0.25, -0.2) is 0 Å². The van der Waals surface area contributed by atoms with E-state index in [9.17, 15) is 25.2 Å². The van der Waals surface area contributed by atoms with Crippen LogP contribution in [0.25, 0.3) is 0 Å². The Balaban J connectivity index is 2.76. The Hall–Kier alpha value is -0.770. The van der Waals surface area contributed by atoms with Gasteiger partial charge < -0.3 is 35.0 Å². The number of ether oxygens (including phenoxy) is 2. The van der Waals surface area contributed by atoms with E-state index in [1.54, 1.807) is 6.92 Å². The van der Waals surface area contributed by atoms with Crippen molar-refractivity contribution in [2.45, 2.75) is 50.2 Å². The third kappa shape index (κ3) is 2.97. The summed E-state index contributed by atoms with van der Waals surface area (Å²) in [5.74, 6) is -3.18. The molecule has 18 heavy (non-hydrogen) atoms. The molecule has 0 aromatic heterocycles. The number of carbonyl (C=O) groups is 1. The van der Waals surface area contributed by atoms with Crippen molar-refractivity contribution >= 4 is 5.97 Å². The van der Waals surface area contributed by atoms with Crippen LogP contribution in [0, 0.1) is 0 Å². The second-order valence-corrected chi connectivity index (χ2v) is 4.16. The summed E-state index contributed by atoms with van der Waals surface area (Å²) in [4.78, 5) is 11.2. The van der Waals surface area contributed by atoms with Crippen molar-refractivity contribution in [2.24, 2.45) is 0 Å². The number of esters is 1. The Morgan fingerprint density at radius 3 is 2.44 bits per heavy atom. The van der Waals surface area contributed by atoms with Gasteiger partial charge in [-0.1, -0.05) is 6.92 Å². The van der Waals surface area contributed by atoms with Gasteiger partial charge in [0.15, 0.2) is 0 Å². The van der Waals surface area contributed by atoms with Crippen LogP contribution in [0.4, 0.5) is 0 Å². The van der Waals surface area contributed by atoms with Crippen LogP contribution in [-0.4, -0.2) is 68.5 Å². The van der Waals surface area contributed by atoms with Crippen LogP contribution >= 0.6 is 0 Å². The summed E-state index contributed by atoms with van der Waals surface area (Å²) in [7, 11) is 0. The molecule has 1 aliphatic rings. The molecule has 8 nitrogen and oxygen atoms in total. The summed E-state index contributed by atoms with van der Waals surface area (Å²) in [5.41, 5.74) is 0. The average molecular weight is 266 g/mol. The molecule has 0 radical (unpaired) electrons. The first-order valence-corrected chi connectivity index (χ1v) is 5.60. The fourth-order valence-corrected chi connectivity index (χ4v) is 1.57. The lowest BCUT2D eigenvalue weighted by atomic mass is 9.96. The van der Waals surface area contributed by atoms with Crippen LogP contribution in [0.3, 0.4) is 0 Å². The maximum Gasteiger partial charge on any atom is 0.308 e. The Morgan fingerprint density at radius 1 is 1.33 bits per heavy atom. The molecule has 0 saturated carbocycles. The standard InChI is InChI=1S/C10H18O8/c1-2-3-5(12)17-9-7(14)6(13)8(15)10(16,4-11)18-9/h6-9,11,13-16H,2-4H2,1H3/t6-,7+,8+,9?,10+/m1/s1. The quantitative estimate of drug-likeness (QED) is 0.351. The molecule has 0 aromatic rings. The predicted molar refractivity (Wildman–Crippen MR) is 55.9 cm³/mol. The number of aliphatic hydroxyl groups is 5. The lowest BCUT2D eigenvalue weighted by molar-refractivity contribution is -0.390. The van der Waals surface area contributed by atoms with E-state index in [4.69, 9.17) is 14.6 Å². The summed E-state index contributed by atoms with van der Waals surface area (Å²) in [6.45, 7) is 0.710. The molecular weight excluding hydrogens is 248 g/mol. The molecule has 0 spiro atoms. The minimum Gasteiger partial charge on any atom is -0.433 e. The van der Waals surface area contributed by atoms with E-state index < -0.39 is 43.0 Å². The summed E-state index contributed by atoms with van der Waals surface area (Å²) in [5, 5.41) is 47.0. The molecule has 1 rings (SSSR count). The van der Waals surface area contributed by atoms with E-state index in [2.05, 4.69) is 0 Å². The Labute approximate surface area is 103 Å². The zero-order valence-electron chi connectivity index (χ0n) is 9.89. The SMILES string of the molecule is CCCC(=O)OC1O[C@@](O)(CO)[C@@H](O)[C@H](O)[C@@H]1O. The zero-order valence-corrected chi connectivity index (χ0v) is 9.89. The van der Waals surface area contributed by atoms with E-state index in [1.165, 1.54) is 0 Å². The van der Waals surface area contributed by atoms with E-state index in [0.717, 1.165) is 0 Å². The van der Waals surface area contributed by atoms with Gasteiger partial charge in [0.25, 0.3) is 0 Å². The van der Waals surface area contributed by atoms with Gasteiger partial charge in [-0.15, -0.1) is 0 Å². The lowest BCUT2D eigenvalue weighted by Crippen LogP contribution is -2.66. The summed E-state index contributed by atoms with van der Waals surface area (Å²) in [6.07, 6.45) is -6.51. The molecule has 0 bridgehead atoms. The van der Waals surface area contributed by atoms with Gasteiger partial charge in [-0.2, -0.15) is 0 Å². The van der Waals surface area contributed by atoms with Crippen molar-refractivity contribution in [2.75, 3.05) is 6.61 Å². The van der Waals surface area contributed by atoms with E-state index in [1.807, 2.05) is 0 Å². The Kier molecular flexibility index (Phi) is 5.02. The highest BCUT2D eigenvalue weighted by Gasteiger charge is 2.53. The maximum absolute atomic E-state index is 11.2. The highest BCUT2D eigenvalue weighted by molar-refractivity contribution is 5.69.